The molecule has 1 aromatic carbocycles. The van der Waals surface area contributed by atoms with Crippen molar-refractivity contribution in [2.45, 2.75) is 57.4 Å². The molecule has 2 aliphatic rings. The number of nitrogens with zero attached hydrogens (tertiary/aromatic N) is 5. The number of hydrogen-bond donors (Lipinski definition) is 4. The fourth-order valence-corrected chi connectivity index (χ4v) is 5.63. The van der Waals surface area contributed by atoms with Gasteiger partial charge in [0.25, 0.3) is 0 Å². The van der Waals surface area contributed by atoms with Gasteiger partial charge in [-0.1, -0.05) is 55.3 Å². The Labute approximate surface area is 233 Å². The molecule has 0 unspecified atom stereocenters. The van der Waals surface area contributed by atoms with E-state index in [1.807, 2.05) is 6.07 Å². The van der Waals surface area contributed by atoms with Crippen LogP contribution in [-0.2, 0) is 6.42 Å². The van der Waals surface area contributed by atoms with E-state index in [4.69, 9.17) is 39.2 Å². The van der Waals surface area contributed by atoms with Crippen molar-refractivity contribution in [3.8, 4) is 6.07 Å². The molecule has 1 saturated carbocycles. The lowest BCUT2D eigenvalue weighted by Gasteiger charge is -2.32. The zero-order valence-corrected chi connectivity index (χ0v) is 22.9. The molecule has 0 radical (unpaired) electrons. The first-order valence-corrected chi connectivity index (χ1v) is 13.7. The fraction of sp³-hybridized carbons (Fsp3) is 0.500. The quantitative estimate of drug-likeness (QED) is 0.287. The van der Waals surface area contributed by atoms with E-state index in [-0.39, 0.29) is 28.1 Å². The van der Waals surface area contributed by atoms with Crippen molar-refractivity contribution in [1.82, 2.24) is 20.2 Å². The second-order valence-corrected chi connectivity index (χ2v) is 10.6. The minimum absolute atomic E-state index is 0.0605. The molecular formula is C26H33Cl2N9O. The number of likely N-dealkylation sites (tertiary alicyclic amines) is 1. The first-order chi connectivity index (χ1) is 18.4. The largest absolute Gasteiger partial charge is 0.369 e. The molecule has 0 bridgehead atoms. The highest BCUT2D eigenvalue weighted by Gasteiger charge is 2.24. The summed E-state index contributed by atoms with van der Waals surface area (Å²) in [6.45, 7) is 1.32. The van der Waals surface area contributed by atoms with E-state index >= 15 is 0 Å². The molecule has 4 rings (SSSR count). The van der Waals surface area contributed by atoms with E-state index in [1.54, 1.807) is 18.1 Å². The summed E-state index contributed by atoms with van der Waals surface area (Å²) in [6.07, 6.45) is 10.3. The molecule has 2 fully saturated rings. The SMILES string of the molecule is CNC(=O)N1CCC[C@@H](Nc2ncc(/N=C(\N)Nc3c(Cl)cc(C#N)cc3Cl)c(CC3CCCCC3)n2)C1. The monoisotopic (exact) mass is 557 g/mol. The number of carbonyl (C=O) groups excluding carboxylic acids is 1. The Balaban J connectivity index is 1.56. The lowest BCUT2D eigenvalue weighted by atomic mass is 9.86. The second kappa shape index (κ2) is 13.0. The summed E-state index contributed by atoms with van der Waals surface area (Å²) in [5.41, 5.74) is 8.35. The Morgan fingerprint density at radius 3 is 2.63 bits per heavy atom. The number of nitrogens with one attached hydrogen (secondary N) is 3. The number of hydrogen-bond acceptors (Lipinski definition) is 6. The van der Waals surface area contributed by atoms with E-state index in [9.17, 15) is 4.79 Å². The number of carbonyl (C=O) groups is 1. The van der Waals surface area contributed by atoms with E-state index in [1.165, 1.54) is 31.4 Å². The van der Waals surface area contributed by atoms with Gasteiger partial charge in [-0.2, -0.15) is 5.26 Å². The van der Waals surface area contributed by atoms with Gasteiger partial charge in [-0.15, -0.1) is 0 Å². The van der Waals surface area contributed by atoms with Crippen LogP contribution in [-0.4, -0.2) is 53.0 Å². The summed E-state index contributed by atoms with van der Waals surface area (Å²) in [7, 11) is 1.64. The third-order valence-corrected chi connectivity index (χ3v) is 7.57. The third kappa shape index (κ3) is 7.17. The van der Waals surface area contributed by atoms with Crippen LogP contribution >= 0.6 is 23.2 Å². The molecule has 1 atom stereocenters. The van der Waals surface area contributed by atoms with Gasteiger partial charge in [0.05, 0.1) is 39.3 Å². The Bertz CT molecular complexity index is 1200. The second-order valence-electron chi connectivity index (χ2n) is 9.77. The maximum Gasteiger partial charge on any atom is 0.317 e. The summed E-state index contributed by atoms with van der Waals surface area (Å²) in [4.78, 5) is 27.8. The van der Waals surface area contributed by atoms with Crippen LogP contribution in [0.5, 0.6) is 0 Å². The maximum atomic E-state index is 12.1. The van der Waals surface area contributed by atoms with Crippen LogP contribution in [0.15, 0.2) is 23.3 Å². The average molecular weight is 559 g/mol. The number of anilines is 2. The predicted octanol–water partition coefficient (Wildman–Crippen LogP) is 5.05. The van der Waals surface area contributed by atoms with Crippen molar-refractivity contribution in [1.29, 1.82) is 5.26 Å². The average Bonchev–Trinajstić information content (AvgIpc) is 2.92. The van der Waals surface area contributed by atoms with Gasteiger partial charge in [0, 0.05) is 26.2 Å². The molecule has 1 aromatic heterocycles. The Morgan fingerprint density at radius 2 is 1.95 bits per heavy atom. The number of urea groups is 1. The zero-order valence-electron chi connectivity index (χ0n) is 21.4. The van der Waals surface area contributed by atoms with E-state index in [2.05, 4.69) is 25.9 Å². The third-order valence-electron chi connectivity index (χ3n) is 6.97. The van der Waals surface area contributed by atoms with Gasteiger partial charge < -0.3 is 26.6 Å². The van der Waals surface area contributed by atoms with Crippen LogP contribution in [0.2, 0.25) is 10.0 Å². The van der Waals surface area contributed by atoms with Gasteiger partial charge in [-0.3, -0.25) is 0 Å². The van der Waals surface area contributed by atoms with Crippen molar-refractivity contribution in [3.63, 3.8) is 0 Å². The van der Waals surface area contributed by atoms with Gasteiger partial charge in [0.1, 0.15) is 5.69 Å². The van der Waals surface area contributed by atoms with Crippen molar-refractivity contribution < 1.29 is 4.79 Å². The lowest BCUT2D eigenvalue weighted by Crippen LogP contribution is -2.48. The zero-order chi connectivity index (χ0) is 27.1. The summed E-state index contributed by atoms with van der Waals surface area (Å²) in [5, 5.41) is 18.7. The fourth-order valence-electron chi connectivity index (χ4n) is 5.05. The number of piperidine rings is 1. The highest BCUT2D eigenvalue weighted by atomic mass is 35.5. The number of nitrogens with two attached hydrogens (primary N) is 1. The number of nitriles is 1. The Hall–Kier alpha value is -3.29. The number of aromatic nitrogens is 2. The molecule has 1 aliphatic heterocycles. The first-order valence-electron chi connectivity index (χ1n) is 13.0. The van der Waals surface area contributed by atoms with Crippen LogP contribution in [0.3, 0.4) is 0 Å². The number of rotatable bonds is 6. The topological polar surface area (TPSA) is 144 Å². The molecular weight excluding hydrogens is 525 g/mol. The molecule has 202 valence electrons. The first kappa shape index (κ1) is 27.7. The summed E-state index contributed by atoms with van der Waals surface area (Å²) in [6, 6.07) is 5.02. The number of halogens is 2. The Kier molecular flexibility index (Phi) is 9.48. The van der Waals surface area contributed by atoms with E-state index in [0.29, 0.717) is 35.3 Å². The van der Waals surface area contributed by atoms with Crippen LogP contribution in [0.25, 0.3) is 0 Å². The van der Waals surface area contributed by atoms with Gasteiger partial charge in [-0.05, 0) is 37.3 Å². The van der Waals surface area contributed by atoms with Crippen LogP contribution in [0.4, 0.5) is 22.1 Å². The molecule has 5 N–H and O–H groups in total. The van der Waals surface area contributed by atoms with E-state index in [0.717, 1.165) is 44.3 Å². The molecule has 38 heavy (non-hydrogen) atoms. The normalized spacial score (nSPS) is 18.5. The van der Waals surface area contributed by atoms with Crippen molar-refractivity contribution >= 4 is 52.5 Å². The van der Waals surface area contributed by atoms with Crippen molar-refractivity contribution in [2.24, 2.45) is 16.6 Å². The molecule has 10 nitrogen and oxygen atoms in total. The molecule has 2 aromatic rings. The maximum absolute atomic E-state index is 12.1. The highest BCUT2D eigenvalue weighted by Crippen LogP contribution is 2.33. The van der Waals surface area contributed by atoms with Crippen LogP contribution in [0, 0.1) is 17.2 Å². The molecule has 1 aliphatic carbocycles. The molecule has 0 spiro atoms. The molecule has 2 heterocycles. The van der Waals surface area contributed by atoms with Crippen LogP contribution < -0.4 is 21.7 Å². The minimum atomic E-state index is -0.0782. The lowest BCUT2D eigenvalue weighted by molar-refractivity contribution is 0.184. The van der Waals surface area contributed by atoms with E-state index < -0.39 is 0 Å². The Morgan fingerprint density at radius 1 is 1.21 bits per heavy atom. The van der Waals surface area contributed by atoms with Gasteiger partial charge >= 0.3 is 6.03 Å². The molecule has 1 saturated heterocycles. The van der Waals surface area contributed by atoms with Gasteiger partial charge in [0.15, 0.2) is 5.96 Å². The molecule has 2 amide bonds. The molecule has 12 heteroatoms. The minimum Gasteiger partial charge on any atom is -0.369 e. The van der Waals surface area contributed by atoms with Crippen molar-refractivity contribution in [2.75, 3.05) is 30.8 Å². The number of amides is 2. The highest BCUT2D eigenvalue weighted by molar-refractivity contribution is 6.40. The number of aliphatic imine (C=N–C) groups is 1. The van der Waals surface area contributed by atoms with Gasteiger partial charge in [0.2, 0.25) is 5.95 Å². The summed E-state index contributed by atoms with van der Waals surface area (Å²) >= 11 is 12.6. The summed E-state index contributed by atoms with van der Waals surface area (Å²) < 4.78 is 0. The summed E-state index contributed by atoms with van der Waals surface area (Å²) in [5.74, 6) is 1.12. The van der Waals surface area contributed by atoms with Crippen molar-refractivity contribution in [3.05, 3.63) is 39.6 Å². The predicted molar refractivity (Wildman–Crippen MR) is 151 cm³/mol. The van der Waals surface area contributed by atoms with Crippen LogP contribution in [0.1, 0.15) is 56.2 Å². The smallest absolute Gasteiger partial charge is 0.317 e. The standard InChI is InChI=1S/C26H33Cl2N9O/c1-31-26(38)37-9-5-8-18(15-37)33-25-32-14-22(21(35-25)12-16-6-3-2-4-7-16)34-24(30)36-23-19(27)10-17(13-29)11-20(23)28/h10-11,14,16,18H,2-9,12,15H2,1H3,(H,31,38)(H3,30,34,36)(H,32,33,35)/t18-/m1/s1. The van der Waals surface area contributed by atoms with Gasteiger partial charge in [-0.25, -0.2) is 19.8 Å². The number of benzene rings is 1. The number of guanidine groups is 1.